The van der Waals surface area contributed by atoms with Gasteiger partial charge in [0.15, 0.2) is 0 Å². The third-order valence-electron chi connectivity index (χ3n) is 4.19. The topological polar surface area (TPSA) is 108 Å². The lowest BCUT2D eigenvalue weighted by Crippen LogP contribution is -2.34. The Morgan fingerprint density at radius 2 is 1.27 bits per heavy atom. The highest BCUT2D eigenvalue weighted by Gasteiger charge is 2.18. The maximum absolute atomic E-state index is 12.0. The van der Waals surface area contributed by atoms with Crippen molar-refractivity contribution in [2.24, 2.45) is 0 Å². The zero-order chi connectivity index (χ0) is 22.2. The van der Waals surface area contributed by atoms with Gasteiger partial charge in [-0.25, -0.2) is 19.2 Å². The smallest absolute Gasteiger partial charge is 0.331 e. The number of esters is 4. The van der Waals surface area contributed by atoms with Gasteiger partial charge in [-0.05, 0) is 39.8 Å². The zero-order valence-electron chi connectivity index (χ0n) is 17.7. The number of rotatable bonds is 12. The van der Waals surface area contributed by atoms with E-state index in [-0.39, 0.29) is 19.8 Å². The van der Waals surface area contributed by atoms with E-state index in [1.807, 2.05) is 0 Å². The summed E-state index contributed by atoms with van der Waals surface area (Å²) in [6.07, 6.45) is 7.14. The number of piperidine rings is 1. The number of carbonyl (C=O) groups is 4. The molecule has 168 valence electrons. The quantitative estimate of drug-likeness (QED) is 0.261. The molecule has 9 nitrogen and oxygen atoms in total. The number of ether oxygens (including phenoxy) is 4. The van der Waals surface area contributed by atoms with Crippen molar-refractivity contribution in [3.8, 4) is 0 Å². The van der Waals surface area contributed by atoms with E-state index < -0.39 is 30.0 Å². The van der Waals surface area contributed by atoms with Crippen LogP contribution in [0, 0.1) is 0 Å². The van der Waals surface area contributed by atoms with E-state index in [9.17, 15) is 19.2 Å². The number of carbonyl (C=O) groups excluding carboxylic acids is 4. The summed E-state index contributed by atoms with van der Waals surface area (Å²) < 4.78 is 19.8. The Labute approximate surface area is 177 Å². The molecule has 1 rings (SSSR count). The van der Waals surface area contributed by atoms with Crippen molar-refractivity contribution in [3.63, 3.8) is 0 Å². The number of hydrogen-bond donors (Lipinski definition) is 0. The lowest BCUT2D eigenvalue weighted by molar-refractivity contribution is -0.153. The van der Waals surface area contributed by atoms with Gasteiger partial charge in [-0.15, -0.1) is 0 Å². The molecule has 1 saturated heterocycles. The average Bonchev–Trinajstić information content (AvgIpc) is 2.74. The van der Waals surface area contributed by atoms with E-state index in [4.69, 9.17) is 14.2 Å². The standard InChI is InChI=1S/C21H31NO8/c1-3-27-18(23)8-9-20(25)29-16-17(12-15-22-13-6-5-7-14-22)30-21(26)11-10-19(24)28-4-2/h8-11,17H,3-7,12-16H2,1-2H3/b9-8+,11-10+. The highest BCUT2D eigenvalue weighted by molar-refractivity contribution is 5.92. The molecule has 1 heterocycles. The van der Waals surface area contributed by atoms with Crippen molar-refractivity contribution in [3.05, 3.63) is 24.3 Å². The fourth-order valence-corrected chi connectivity index (χ4v) is 2.77. The summed E-state index contributed by atoms with van der Waals surface area (Å²) in [6.45, 7) is 6.19. The molecule has 0 N–H and O–H groups in total. The van der Waals surface area contributed by atoms with Crippen LogP contribution >= 0.6 is 0 Å². The van der Waals surface area contributed by atoms with Crippen LogP contribution in [0.1, 0.15) is 39.5 Å². The maximum Gasteiger partial charge on any atom is 0.331 e. The first-order valence-electron chi connectivity index (χ1n) is 10.2. The molecule has 9 heteroatoms. The van der Waals surface area contributed by atoms with Gasteiger partial charge in [0.05, 0.1) is 13.2 Å². The van der Waals surface area contributed by atoms with Gasteiger partial charge in [0.1, 0.15) is 12.7 Å². The summed E-state index contributed by atoms with van der Waals surface area (Å²) in [5, 5.41) is 0. The molecule has 0 spiro atoms. The van der Waals surface area contributed by atoms with Crippen molar-refractivity contribution in [1.82, 2.24) is 4.90 Å². The van der Waals surface area contributed by atoms with E-state index in [0.717, 1.165) is 50.2 Å². The van der Waals surface area contributed by atoms with Crippen molar-refractivity contribution in [1.29, 1.82) is 0 Å². The minimum Gasteiger partial charge on any atom is -0.463 e. The SMILES string of the molecule is CCOC(=O)/C=C/C(=O)OCC(CCN1CCCCC1)OC(=O)/C=C/C(=O)OCC. The first kappa shape index (κ1) is 25.4. The average molecular weight is 425 g/mol. The molecular weight excluding hydrogens is 394 g/mol. The monoisotopic (exact) mass is 425 g/mol. The zero-order valence-corrected chi connectivity index (χ0v) is 17.7. The van der Waals surface area contributed by atoms with Gasteiger partial charge in [0, 0.05) is 37.3 Å². The van der Waals surface area contributed by atoms with Crippen LogP contribution in [0.25, 0.3) is 0 Å². The summed E-state index contributed by atoms with van der Waals surface area (Å²) >= 11 is 0. The van der Waals surface area contributed by atoms with Crippen LogP contribution in [0.3, 0.4) is 0 Å². The second kappa shape index (κ2) is 15.2. The Kier molecular flexibility index (Phi) is 12.8. The minimum atomic E-state index is -0.746. The molecule has 0 aliphatic carbocycles. The molecule has 0 saturated carbocycles. The molecule has 1 atom stereocenters. The highest BCUT2D eigenvalue weighted by atomic mass is 16.6. The van der Waals surface area contributed by atoms with Gasteiger partial charge >= 0.3 is 23.9 Å². The third kappa shape index (κ3) is 12.0. The predicted octanol–water partition coefficient (Wildman–Crippen LogP) is 1.56. The first-order chi connectivity index (χ1) is 14.4. The van der Waals surface area contributed by atoms with Gasteiger partial charge in [-0.2, -0.15) is 0 Å². The summed E-state index contributed by atoms with van der Waals surface area (Å²) in [5.41, 5.74) is 0. The Hall–Kier alpha value is -2.68. The lowest BCUT2D eigenvalue weighted by Gasteiger charge is -2.28. The second-order valence-corrected chi connectivity index (χ2v) is 6.55. The molecule has 0 bridgehead atoms. The van der Waals surface area contributed by atoms with E-state index >= 15 is 0 Å². The highest BCUT2D eigenvalue weighted by Crippen LogP contribution is 2.11. The first-order valence-corrected chi connectivity index (χ1v) is 10.2. The second-order valence-electron chi connectivity index (χ2n) is 6.55. The van der Waals surface area contributed by atoms with Crippen LogP contribution in [0.4, 0.5) is 0 Å². The van der Waals surface area contributed by atoms with Crippen molar-refractivity contribution < 1.29 is 38.1 Å². The summed E-state index contributed by atoms with van der Waals surface area (Å²) in [6, 6.07) is 0. The van der Waals surface area contributed by atoms with Crippen molar-refractivity contribution in [2.45, 2.75) is 45.6 Å². The fraction of sp³-hybridized carbons (Fsp3) is 0.619. The summed E-state index contributed by atoms with van der Waals surface area (Å²) in [5.74, 6) is -2.77. The molecule has 0 aromatic heterocycles. The van der Waals surface area contributed by atoms with Crippen LogP contribution in [0.15, 0.2) is 24.3 Å². The van der Waals surface area contributed by atoms with E-state index in [0.29, 0.717) is 13.0 Å². The largest absolute Gasteiger partial charge is 0.463 e. The molecule has 30 heavy (non-hydrogen) atoms. The molecule has 0 aromatic rings. The van der Waals surface area contributed by atoms with Crippen LogP contribution in [0.2, 0.25) is 0 Å². The van der Waals surface area contributed by atoms with Gasteiger partial charge in [-0.1, -0.05) is 6.42 Å². The van der Waals surface area contributed by atoms with Crippen molar-refractivity contribution >= 4 is 23.9 Å². The molecule has 1 unspecified atom stereocenters. The predicted molar refractivity (Wildman–Crippen MR) is 107 cm³/mol. The van der Waals surface area contributed by atoms with Crippen molar-refractivity contribution in [2.75, 3.05) is 39.5 Å². The third-order valence-corrected chi connectivity index (χ3v) is 4.19. The molecule has 0 radical (unpaired) electrons. The van der Waals surface area contributed by atoms with E-state index in [1.165, 1.54) is 6.42 Å². The maximum atomic E-state index is 12.0. The fourth-order valence-electron chi connectivity index (χ4n) is 2.77. The summed E-state index contributed by atoms with van der Waals surface area (Å²) in [4.78, 5) is 48.6. The Morgan fingerprint density at radius 1 is 0.767 bits per heavy atom. The van der Waals surface area contributed by atoms with E-state index in [2.05, 4.69) is 9.64 Å². The Balaban J connectivity index is 2.57. The minimum absolute atomic E-state index is 0.168. The van der Waals surface area contributed by atoms with Crippen LogP contribution in [-0.4, -0.2) is 74.3 Å². The van der Waals surface area contributed by atoms with Gasteiger partial charge < -0.3 is 23.8 Å². The number of hydrogen-bond acceptors (Lipinski definition) is 9. The molecule has 1 fully saturated rings. The Morgan fingerprint density at radius 3 is 1.80 bits per heavy atom. The molecule has 0 aromatic carbocycles. The van der Waals surface area contributed by atoms with Gasteiger partial charge in [-0.3, -0.25) is 0 Å². The Bertz CT molecular complexity index is 622. The number of nitrogens with zero attached hydrogens (tertiary/aromatic N) is 1. The summed E-state index contributed by atoms with van der Waals surface area (Å²) in [7, 11) is 0. The normalized spacial score (nSPS) is 15.7. The molecule has 1 aliphatic heterocycles. The molecular formula is C21H31NO8. The van der Waals surface area contributed by atoms with Crippen LogP contribution in [-0.2, 0) is 38.1 Å². The number of likely N-dealkylation sites (tertiary alicyclic amines) is 1. The van der Waals surface area contributed by atoms with Gasteiger partial charge in [0.2, 0.25) is 0 Å². The van der Waals surface area contributed by atoms with Gasteiger partial charge in [0.25, 0.3) is 0 Å². The van der Waals surface area contributed by atoms with Crippen LogP contribution in [0.5, 0.6) is 0 Å². The molecule has 1 aliphatic rings. The van der Waals surface area contributed by atoms with E-state index in [1.54, 1.807) is 13.8 Å². The lowest BCUT2D eigenvalue weighted by atomic mass is 10.1. The van der Waals surface area contributed by atoms with Crippen LogP contribution < -0.4 is 0 Å². The molecule has 0 amide bonds.